The van der Waals surface area contributed by atoms with Gasteiger partial charge in [0.05, 0.1) is 24.1 Å². The first-order valence-corrected chi connectivity index (χ1v) is 8.70. The highest BCUT2D eigenvalue weighted by atomic mass is 19.1. The molecular formula is C21H20F2N2O. The summed E-state index contributed by atoms with van der Waals surface area (Å²) in [5.74, 6) is -0.599. The van der Waals surface area contributed by atoms with E-state index in [9.17, 15) is 8.78 Å². The third-order valence-electron chi connectivity index (χ3n) is 4.79. The van der Waals surface area contributed by atoms with E-state index in [-0.39, 0.29) is 17.7 Å². The Balaban J connectivity index is 1.91. The van der Waals surface area contributed by atoms with Crippen LogP contribution in [0.3, 0.4) is 0 Å². The van der Waals surface area contributed by atoms with Crippen LogP contribution < -0.4 is 5.32 Å². The topological polar surface area (TPSA) is 26.2 Å². The van der Waals surface area contributed by atoms with Gasteiger partial charge in [-0.15, -0.1) is 0 Å². The van der Waals surface area contributed by atoms with Crippen LogP contribution in [0.25, 0.3) is 16.9 Å². The van der Waals surface area contributed by atoms with E-state index in [1.165, 1.54) is 18.2 Å². The fourth-order valence-electron chi connectivity index (χ4n) is 3.49. The Morgan fingerprint density at radius 1 is 1.08 bits per heavy atom. The van der Waals surface area contributed by atoms with Crippen molar-refractivity contribution in [2.24, 2.45) is 0 Å². The van der Waals surface area contributed by atoms with E-state index in [0.29, 0.717) is 18.8 Å². The number of halogens is 2. The molecule has 1 aliphatic heterocycles. The molecular weight excluding hydrogens is 334 g/mol. The summed E-state index contributed by atoms with van der Waals surface area (Å²) in [5, 5.41) is 3.33. The lowest BCUT2D eigenvalue weighted by atomic mass is 10.1. The Hall–Kier alpha value is -2.50. The summed E-state index contributed by atoms with van der Waals surface area (Å²) < 4.78 is 35.7. The highest BCUT2D eigenvalue weighted by Gasteiger charge is 2.24. The Labute approximate surface area is 151 Å². The number of nitrogens with one attached hydrogen (secondary N) is 1. The Bertz CT molecular complexity index is 912. The lowest BCUT2D eigenvalue weighted by molar-refractivity contribution is 0.0273. The number of morpholine rings is 1. The average Bonchev–Trinajstić information content (AvgIpc) is 3.01. The summed E-state index contributed by atoms with van der Waals surface area (Å²) in [6.07, 6.45) is -0.0871. The van der Waals surface area contributed by atoms with Gasteiger partial charge in [0.1, 0.15) is 11.6 Å². The van der Waals surface area contributed by atoms with Gasteiger partial charge < -0.3 is 14.6 Å². The van der Waals surface area contributed by atoms with Crippen molar-refractivity contribution in [3.63, 3.8) is 0 Å². The highest BCUT2D eigenvalue weighted by molar-refractivity contribution is 5.66. The first kappa shape index (κ1) is 16.9. The lowest BCUT2D eigenvalue weighted by Crippen LogP contribution is -2.33. The van der Waals surface area contributed by atoms with E-state index in [1.54, 1.807) is 24.3 Å². The molecule has 0 saturated carbocycles. The third-order valence-corrected chi connectivity index (χ3v) is 4.79. The number of para-hydroxylation sites is 1. The second-order valence-corrected chi connectivity index (χ2v) is 6.43. The summed E-state index contributed by atoms with van der Waals surface area (Å²) in [4.78, 5) is 0. The fraction of sp³-hybridized carbons (Fsp3) is 0.238. The number of nitrogens with zero attached hydrogens (tertiary/aromatic N) is 1. The van der Waals surface area contributed by atoms with Crippen molar-refractivity contribution in [3.05, 3.63) is 77.5 Å². The lowest BCUT2D eigenvalue weighted by Gasteiger charge is -2.24. The van der Waals surface area contributed by atoms with Crippen molar-refractivity contribution in [3.8, 4) is 16.9 Å². The first-order valence-electron chi connectivity index (χ1n) is 8.70. The predicted octanol–water partition coefficient (Wildman–Crippen LogP) is 4.39. The number of benzene rings is 2. The van der Waals surface area contributed by atoms with E-state index in [1.807, 2.05) is 23.6 Å². The molecule has 3 aromatic rings. The van der Waals surface area contributed by atoms with E-state index in [4.69, 9.17) is 4.74 Å². The second-order valence-electron chi connectivity index (χ2n) is 6.43. The van der Waals surface area contributed by atoms with E-state index in [0.717, 1.165) is 29.1 Å². The minimum absolute atomic E-state index is 0.0871. The maximum absolute atomic E-state index is 14.5. The zero-order valence-electron chi connectivity index (χ0n) is 14.5. The van der Waals surface area contributed by atoms with Crippen molar-refractivity contribution in [2.45, 2.75) is 13.0 Å². The van der Waals surface area contributed by atoms with Crippen LogP contribution in [-0.4, -0.2) is 24.3 Å². The Kier molecular flexibility index (Phi) is 4.57. The molecule has 1 aliphatic rings. The number of aromatic nitrogens is 1. The third kappa shape index (κ3) is 3.04. The molecule has 0 bridgehead atoms. The number of ether oxygens (including phenoxy) is 1. The molecule has 134 valence electrons. The molecule has 1 fully saturated rings. The largest absolute Gasteiger partial charge is 0.371 e. The normalized spacial score (nSPS) is 17.4. The van der Waals surface area contributed by atoms with Gasteiger partial charge in [0, 0.05) is 24.3 Å². The van der Waals surface area contributed by atoms with Crippen LogP contribution in [0.4, 0.5) is 8.78 Å². The summed E-state index contributed by atoms with van der Waals surface area (Å²) in [7, 11) is 0. The average molecular weight is 354 g/mol. The minimum atomic E-state index is -0.302. The van der Waals surface area contributed by atoms with Gasteiger partial charge >= 0.3 is 0 Å². The first-order chi connectivity index (χ1) is 12.6. The molecule has 1 aromatic heterocycles. The monoisotopic (exact) mass is 354 g/mol. The van der Waals surface area contributed by atoms with Crippen LogP contribution in [0.2, 0.25) is 0 Å². The molecule has 0 amide bonds. The summed E-state index contributed by atoms with van der Waals surface area (Å²) >= 11 is 0. The molecule has 4 rings (SSSR count). The minimum Gasteiger partial charge on any atom is -0.371 e. The molecule has 2 heterocycles. The second kappa shape index (κ2) is 7.02. The summed E-state index contributed by atoms with van der Waals surface area (Å²) in [5.41, 5.74) is 4.05. The van der Waals surface area contributed by atoms with E-state index >= 15 is 0 Å². The van der Waals surface area contributed by atoms with Gasteiger partial charge in [-0.2, -0.15) is 0 Å². The molecule has 1 saturated heterocycles. The van der Waals surface area contributed by atoms with Crippen LogP contribution in [0.5, 0.6) is 0 Å². The van der Waals surface area contributed by atoms with Gasteiger partial charge in [-0.1, -0.05) is 12.1 Å². The molecule has 1 unspecified atom stereocenters. The van der Waals surface area contributed by atoms with Gasteiger partial charge in [-0.25, -0.2) is 8.78 Å². The van der Waals surface area contributed by atoms with Gasteiger partial charge in [0.25, 0.3) is 0 Å². The molecule has 0 aliphatic carbocycles. The van der Waals surface area contributed by atoms with Crippen molar-refractivity contribution in [2.75, 3.05) is 19.7 Å². The van der Waals surface area contributed by atoms with Crippen molar-refractivity contribution >= 4 is 0 Å². The van der Waals surface area contributed by atoms with Crippen molar-refractivity contribution in [1.82, 2.24) is 9.88 Å². The summed E-state index contributed by atoms with van der Waals surface area (Å²) in [6, 6.07) is 15.0. The number of hydrogen-bond donors (Lipinski definition) is 1. The number of hydrogen-bond acceptors (Lipinski definition) is 2. The SMILES string of the molecule is Cc1c(C2CNCCO2)cc(-c2ccc(F)cc2)n1-c1ccccc1F. The zero-order valence-corrected chi connectivity index (χ0v) is 14.5. The maximum atomic E-state index is 14.5. The fourth-order valence-corrected chi connectivity index (χ4v) is 3.49. The van der Waals surface area contributed by atoms with Crippen LogP contribution in [0.1, 0.15) is 17.4 Å². The van der Waals surface area contributed by atoms with E-state index < -0.39 is 0 Å². The molecule has 5 heteroatoms. The standard InChI is InChI=1S/C21H20F2N2O/c1-14-17(21-13-24-10-11-26-21)12-20(15-6-8-16(22)9-7-15)25(14)19-5-3-2-4-18(19)23/h2-9,12,21,24H,10-11,13H2,1H3. The number of rotatable bonds is 3. The van der Waals surface area contributed by atoms with Gasteiger partial charge in [0.15, 0.2) is 0 Å². The van der Waals surface area contributed by atoms with E-state index in [2.05, 4.69) is 5.32 Å². The molecule has 2 aromatic carbocycles. The van der Waals surface area contributed by atoms with Gasteiger partial charge in [-0.05, 0) is 55.0 Å². The van der Waals surface area contributed by atoms with Crippen molar-refractivity contribution in [1.29, 1.82) is 0 Å². The Morgan fingerprint density at radius 2 is 1.85 bits per heavy atom. The maximum Gasteiger partial charge on any atom is 0.147 e. The summed E-state index contributed by atoms with van der Waals surface area (Å²) in [6.45, 7) is 4.15. The smallest absolute Gasteiger partial charge is 0.147 e. The predicted molar refractivity (Wildman–Crippen MR) is 97.4 cm³/mol. The molecule has 1 atom stereocenters. The van der Waals surface area contributed by atoms with Crippen LogP contribution >= 0.6 is 0 Å². The van der Waals surface area contributed by atoms with Crippen molar-refractivity contribution < 1.29 is 13.5 Å². The molecule has 1 N–H and O–H groups in total. The zero-order chi connectivity index (χ0) is 18.1. The molecule has 0 radical (unpaired) electrons. The molecule has 0 spiro atoms. The Morgan fingerprint density at radius 3 is 2.54 bits per heavy atom. The molecule has 3 nitrogen and oxygen atoms in total. The highest BCUT2D eigenvalue weighted by Crippen LogP contribution is 2.34. The van der Waals surface area contributed by atoms with Gasteiger partial charge in [0.2, 0.25) is 0 Å². The van der Waals surface area contributed by atoms with Crippen LogP contribution in [-0.2, 0) is 4.74 Å². The molecule has 26 heavy (non-hydrogen) atoms. The van der Waals surface area contributed by atoms with Crippen LogP contribution in [0.15, 0.2) is 54.6 Å². The quantitative estimate of drug-likeness (QED) is 0.755. The van der Waals surface area contributed by atoms with Crippen LogP contribution in [0, 0.1) is 18.6 Å². The van der Waals surface area contributed by atoms with Gasteiger partial charge in [-0.3, -0.25) is 0 Å².